The van der Waals surface area contributed by atoms with Gasteiger partial charge in [-0.05, 0) is 62.6 Å². The minimum Gasteiger partial charge on any atom is -0.290 e. The van der Waals surface area contributed by atoms with Crippen LogP contribution in [0.2, 0.25) is 0 Å². The van der Waals surface area contributed by atoms with Gasteiger partial charge in [-0.3, -0.25) is 9.88 Å². The first kappa shape index (κ1) is 21.0. The average molecular weight is 411 g/mol. The maximum absolute atomic E-state index is 4.90. The van der Waals surface area contributed by atoms with E-state index in [9.17, 15) is 0 Å². The smallest absolute Gasteiger partial charge is 0.0678 e. The van der Waals surface area contributed by atoms with Crippen LogP contribution in [-0.2, 0) is 19.6 Å². The molecule has 4 heteroatoms. The molecular formula is C27H30N4. The summed E-state index contributed by atoms with van der Waals surface area (Å²) in [6, 6.07) is 21.4. The molecule has 0 N–H and O–H groups in total. The fourth-order valence-corrected chi connectivity index (χ4v) is 4.03. The zero-order valence-electron chi connectivity index (χ0n) is 18.8. The van der Waals surface area contributed by atoms with Gasteiger partial charge in [0.25, 0.3) is 0 Å². The predicted octanol–water partition coefficient (Wildman–Crippen LogP) is 5.70. The van der Waals surface area contributed by atoms with Gasteiger partial charge in [-0.25, -0.2) is 4.68 Å². The van der Waals surface area contributed by atoms with E-state index >= 15 is 0 Å². The highest BCUT2D eigenvalue weighted by Crippen LogP contribution is 2.23. The fourth-order valence-electron chi connectivity index (χ4n) is 4.03. The summed E-state index contributed by atoms with van der Waals surface area (Å²) >= 11 is 0. The molecule has 0 fully saturated rings. The molecule has 0 aliphatic heterocycles. The number of benzene rings is 2. The van der Waals surface area contributed by atoms with Gasteiger partial charge in [0.15, 0.2) is 0 Å². The van der Waals surface area contributed by atoms with Gasteiger partial charge in [-0.15, -0.1) is 0 Å². The molecular weight excluding hydrogens is 380 g/mol. The van der Waals surface area contributed by atoms with E-state index in [0.29, 0.717) is 0 Å². The van der Waals surface area contributed by atoms with E-state index in [0.717, 1.165) is 31.0 Å². The van der Waals surface area contributed by atoms with Crippen LogP contribution in [0.5, 0.6) is 0 Å². The van der Waals surface area contributed by atoms with Crippen molar-refractivity contribution in [3.05, 3.63) is 112 Å². The van der Waals surface area contributed by atoms with Crippen molar-refractivity contribution in [3.63, 3.8) is 0 Å². The Morgan fingerprint density at radius 1 is 0.742 bits per heavy atom. The Labute approximate surface area is 185 Å². The lowest BCUT2D eigenvalue weighted by molar-refractivity contribution is 0.246. The zero-order valence-corrected chi connectivity index (χ0v) is 18.8. The molecule has 0 aliphatic rings. The molecule has 4 rings (SSSR count). The van der Waals surface area contributed by atoms with Crippen molar-refractivity contribution in [3.8, 4) is 5.69 Å². The number of rotatable bonds is 7. The van der Waals surface area contributed by atoms with Crippen LogP contribution in [0.3, 0.4) is 0 Å². The van der Waals surface area contributed by atoms with E-state index in [1.54, 1.807) is 0 Å². The monoisotopic (exact) mass is 410 g/mol. The molecule has 0 spiro atoms. The minimum absolute atomic E-state index is 0.847. The Kier molecular flexibility index (Phi) is 6.28. The summed E-state index contributed by atoms with van der Waals surface area (Å²) in [6.45, 7) is 11.2. The SMILES string of the molecule is Cc1ccc(CN(Cc2ccncc2)Cc2c(C)nn(-c3ccccc3C)c2C)cc1. The highest BCUT2D eigenvalue weighted by Gasteiger charge is 2.17. The molecule has 0 amide bonds. The molecule has 2 heterocycles. The molecule has 0 atom stereocenters. The first-order valence-electron chi connectivity index (χ1n) is 10.8. The van der Waals surface area contributed by atoms with Crippen molar-refractivity contribution < 1.29 is 0 Å². The molecule has 2 aromatic heterocycles. The Bertz CT molecular complexity index is 1140. The molecule has 2 aromatic carbocycles. The Balaban J connectivity index is 1.64. The number of nitrogens with zero attached hydrogens (tertiary/aromatic N) is 4. The molecule has 0 unspecified atom stereocenters. The van der Waals surface area contributed by atoms with Crippen LogP contribution >= 0.6 is 0 Å². The summed E-state index contributed by atoms with van der Waals surface area (Å²) in [5, 5.41) is 4.90. The summed E-state index contributed by atoms with van der Waals surface area (Å²) in [7, 11) is 0. The Morgan fingerprint density at radius 3 is 2.06 bits per heavy atom. The summed E-state index contributed by atoms with van der Waals surface area (Å²) in [6.07, 6.45) is 3.73. The van der Waals surface area contributed by atoms with E-state index in [2.05, 4.69) is 103 Å². The molecule has 4 nitrogen and oxygen atoms in total. The Morgan fingerprint density at radius 2 is 1.39 bits per heavy atom. The van der Waals surface area contributed by atoms with Crippen LogP contribution < -0.4 is 0 Å². The lowest BCUT2D eigenvalue weighted by atomic mass is 10.1. The molecule has 0 bridgehead atoms. The summed E-state index contributed by atoms with van der Waals surface area (Å²) in [5.74, 6) is 0. The highest BCUT2D eigenvalue weighted by molar-refractivity contribution is 5.43. The van der Waals surface area contributed by atoms with Gasteiger partial charge in [-0.1, -0.05) is 48.0 Å². The van der Waals surface area contributed by atoms with E-state index < -0.39 is 0 Å². The third-order valence-corrected chi connectivity index (χ3v) is 5.85. The van der Waals surface area contributed by atoms with Crippen LogP contribution in [-0.4, -0.2) is 19.7 Å². The number of pyridine rings is 1. The van der Waals surface area contributed by atoms with Gasteiger partial charge in [0.2, 0.25) is 0 Å². The average Bonchev–Trinajstić information content (AvgIpc) is 3.04. The number of para-hydroxylation sites is 1. The molecule has 31 heavy (non-hydrogen) atoms. The molecule has 0 aliphatic carbocycles. The minimum atomic E-state index is 0.847. The molecule has 0 saturated carbocycles. The maximum atomic E-state index is 4.90. The van der Waals surface area contributed by atoms with Crippen molar-refractivity contribution in [2.45, 2.75) is 47.3 Å². The second kappa shape index (κ2) is 9.27. The summed E-state index contributed by atoms with van der Waals surface area (Å²) < 4.78 is 2.09. The van der Waals surface area contributed by atoms with Crippen molar-refractivity contribution in [2.75, 3.05) is 0 Å². The zero-order chi connectivity index (χ0) is 21.8. The van der Waals surface area contributed by atoms with E-state index in [1.165, 1.54) is 33.5 Å². The lowest BCUT2D eigenvalue weighted by Crippen LogP contribution is -2.23. The molecule has 4 aromatic rings. The normalized spacial score (nSPS) is 11.3. The number of hydrogen-bond donors (Lipinski definition) is 0. The number of aromatic nitrogens is 3. The van der Waals surface area contributed by atoms with Crippen LogP contribution in [0.25, 0.3) is 5.69 Å². The maximum Gasteiger partial charge on any atom is 0.0678 e. The first-order chi connectivity index (χ1) is 15.0. The third kappa shape index (κ3) is 4.92. The molecule has 0 radical (unpaired) electrons. The van der Waals surface area contributed by atoms with Crippen molar-refractivity contribution in [2.24, 2.45) is 0 Å². The predicted molar refractivity (Wildman–Crippen MR) is 126 cm³/mol. The number of hydrogen-bond acceptors (Lipinski definition) is 3. The lowest BCUT2D eigenvalue weighted by Gasteiger charge is -2.23. The van der Waals surface area contributed by atoms with Crippen molar-refractivity contribution in [1.29, 1.82) is 0 Å². The summed E-state index contributed by atoms with van der Waals surface area (Å²) in [5.41, 5.74) is 9.84. The van der Waals surface area contributed by atoms with Gasteiger partial charge in [0.05, 0.1) is 11.4 Å². The standard InChI is InChI=1S/C27H30N4/c1-20-9-11-24(12-10-20)17-30(18-25-13-15-28-16-14-25)19-26-22(3)29-31(23(26)4)27-8-6-5-7-21(27)2/h5-16H,17-19H2,1-4H3. The topological polar surface area (TPSA) is 34.0 Å². The van der Waals surface area contributed by atoms with Gasteiger partial charge < -0.3 is 0 Å². The first-order valence-corrected chi connectivity index (χ1v) is 10.8. The van der Waals surface area contributed by atoms with Crippen molar-refractivity contribution >= 4 is 0 Å². The quantitative estimate of drug-likeness (QED) is 0.392. The van der Waals surface area contributed by atoms with E-state index in [4.69, 9.17) is 5.10 Å². The van der Waals surface area contributed by atoms with Crippen LogP contribution in [0.1, 0.15) is 39.2 Å². The van der Waals surface area contributed by atoms with E-state index in [-0.39, 0.29) is 0 Å². The van der Waals surface area contributed by atoms with Crippen molar-refractivity contribution in [1.82, 2.24) is 19.7 Å². The third-order valence-electron chi connectivity index (χ3n) is 5.85. The van der Waals surface area contributed by atoms with Gasteiger partial charge in [0, 0.05) is 43.3 Å². The highest BCUT2D eigenvalue weighted by atomic mass is 15.3. The van der Waals surface area contributed by atoms with Gasteiger partial charge in [0.1, 0.15) is 0 Å². The second-order valence-corrected chi connectivity index (χ2v) is 8.33. The van der Waals surface area contributed by atoms with Crippen LogP contribution in [0.15, 0.2) is 73.1 Å². The van der Waals surface area contributed by atoms with Gasteiger partial charge >= 0.3 is 0 Å². The van der Waals surface area contributed by atoms with E-state index in [1.807, 2.05) is 12.4 Å². The Hall–Kier alpha value is -3.24. The molecule has 0 saturated heterocycles. The van der Waals surface area contributed by atoms with Crippen LogP contribution in [0, 0.1) is 27.7 Å². The van der Waals surface area contributed by atoms with Gasteiger partial charge in [-0.2, -0.15) is 5.10 Å². The summed E-state index contributed by atoms with van der Waals surface area (Å²) in [4.78, 5) is 6.66. The number of aryl methyl sites for hydroxylation is 3. The molecule has 158 valence electrons. The second-order valence-electron chi connectivity index (χ2n) is 8.33. The fraction of sp³-hybridized carbons (Fsp3) is 0.259. The largest absolute Gasteiger partial charge is 0.290 e. The van der Waals surface area contributed by atoms with Crippen LogP contribution in [0.4, 0.5) is 0 Å².